The molecule has 0 aliphatic carbocycles. The van der Waals surface area contributed by atoms with Crippen molar-refractivity contribution in [2.24, 2.45) is 0 Å². The summed E-state index contributed by atoms with van der Waals surface area (Å²) in [5.41, 5.74) is 2.92. The Labute approximate surface area is 89.8 Å². The highest BCUT2D eigenvalue weighted by Gasteiger charge is 1.97. The molecule has 0 rings (SSSR count). The smallest absolute Gasteiger partial charge is 0.00922 e. The van der Waals surface area contributed by atoms with E-state index in [4.69, 9.17) is 0 Å². The number of hydrogen-bond acceptors (Lipinski definition) is 0. The van der Waals surface area contributed by atoms with Crippen LogP contribution >= 0.6 is 0 Å². The number of rotatable bonds is 5. The maximum Gasteiger partial charge on any atom is 0.00922 e. The van der Waals surface area contributed by atoms with Crippen LogP contribution < -0.4 is 0 Å². The van der Waals surface area contributed by atoms with Crippen molar-refractivity contribution in [1.29, 1.82) is 0 Å². The fourth-order valence-electron chi connectivity index (χ4n) is 1.54. The third-order valence-electron chi connectivity index (χ3n) is 2.53. The Morgan fingerprint density at radius 3 is 2.00 bits per heavy atom. The largest absolute Gasteiger partial charge is 0.0982 e. The van der Waals surface area contributed by atoms with Crippen LogP contribution in [0.3, 0.4) is 0 Å². The molecule has 0 radical (unpaired) electrons. The Bertz CT molecular complexity index is 216. The molecule has 0 nitrogen and oxygen atoms in total. The van der Waals surface area contributed by atoms with Gasteiger partial charge < -0.3 is 0 Å². The predicted molar refractivity (Wildman–Crippen MR) is 65.2 cm³/mol. The summed E-state index contributed by atoms with van der Waals surface area (Å²) in [5, 5.41) is 0. The fourth-order valence-corrected chi connectivity index (χ4v) is 1.54. The molecule has 0 heteroatoms. The van der Waals surface area contributed by atoms with Gasteiger partial charge in [-0.15, -0.1) is 0 Å². The van der Waals surface area contributed by atoms with Gasteiger partial charge in [0, 0.05) is 12.0 Å². The zero-order valence-electron chi connectivity index (χ0n) is 10.2. The normalized spacial score (nSPS) is 9.14. The number of hydrogen-bond donors (Lipinski definition) is 0. The van der Waals surface area contributed by atoms with E-state index in [0.717, 1.165) is 25.7 Å². The van der Waals surface area contributed by atoms with Crippen LogP contribution in [0.15, 0.2) is 11.1 Å². The van der Waals surface area contributed by atoms with E-state index in [1.807, 2.05) is 0 Å². The summed E-state index contributed by atoms with van der Waals surface area (Å²) in [6, 6.07) is 0. The Morgan fingerprint density at radius 2 is 1.57 bits per heavy atom. The molecule has 0 heterocycles. The molecule has 0 saturated carbocycles. The van der Waals surface area contributed by atoms with Crippen molar-refractivity contribution >= 4 is 0 Å². The van der Waals surface area contributed by atoms with Crippen LogP contribution in [-0.2, 0) is 0 Å². The molecule has 0 aromatic rings. The lowest BCUT2D eigenvalue weighted by atomic mass is 10.0. The first-order valence-corrected chi connectivity index (χ1v) is 5.99. The highest BCUT2D eigenvalue weighted by molar-refractivity contribution is 5.33. The molecule has 0 amide bonds. The molecule has 14 heavy (non-hydrogen) atoms. The molecular formula is C14H24. The molecule has 0 unspecified atom stereocenters. The van der Waals surface area contributed by atoms with E-state index in [1.54, 1.807) is 0 Å². The van der Waals surface area contributed by atoms with Crippen molar-refractivity contribution in [1.82, 2.24) is 0 Å². The fraction of sp³-hybridized carbons (Fsp3) is 0.714. The summed E-state index contributed by atoms with van der Waals surface area (Å²) < 4.78 is 0. The van der Waals surface area contributed by atoms with Gasteiger partial charge in [-0.3, -0.25) is 0 Å². The lowest BCUT2D eigenvalue weighted by molar-refractivity contribution is 0.827. The van der Waals surface area contributed by atoms with Gasteiger partial charge in [-0.25, -0.2) is 0 Å². The molecule has 0 aliphatic rings. The molecule has 0 atom stereocenters. The van der Waals surface area contributed by atoms with E-state index in [0.29, 0.717) is 0 Å². The highest BCUT2D eigenvalue weighted by Crippen LogP contribution is 2.14. The second-order valence-electron chi connectivity index (χ2n) is 3.55. The van der Waals surface area contributed by atoms with Gasteiger partial charge in [-0.1, -0.05) is 51.5 Å². The lowest BCUT2D eigenvalue weighted by Gasteiger charge is -2.04. The standard InChI is InChI=1S/C14H24/c1-5-9-10-11-12-14(8-4)13(6-2)7-3/h5-10H2,1-4H3. The van der Waals surface area contributed by atoms with E-state index in [9.17, 15) is 0 Å². The molecule has 0 spiro atoms. The molecule has 0 aromatic heterocycles. The summed E-state index contributed by atoms with van der Waals surface area (Å²) in [6.45, 7) is 8.86. The zero-order valence-corrected chi connectivity index (χ0v) is 10.2. The van der Waals surface area contributed by atoms with Crippen LogP contribution in [0.5, 0.6) is 0 Å². The minimum absolute atomic E-state index is 1.06. The van der Waals surface area contributed by atoms with Gasteiger partial charge in [-0.2, -0.15) is 0 Å². The molecular weight excluding hydrogens is 168 g/mol. The minimum atomic E-state index is 1.06. The molecule has 0 aromatic carbocycles. The second-order valence-corrected chi connectivity index (χ2v) is 3.55. The Kier molecular flexibility index (Phi) is 8.43. The SMILES string of the molecule is CCCCC#CC(CC)=C(CC)CC. The third-order valence-corrected chi connectivity index (χ3v) is 2.53. The summed E-state index contributed by atoms with van der Waals surface area (Å²) in [5.74, 6) is 6.61. The van der Waals surface area contributed by atoms with Gasteiger partial charge in [-0.05, 0) is 25.7 Å². The summed E-state index contributed by atoms with van der Waals surface area (Å²) in [7, 11) is 0. The molecule has 0 N–H and O–H groups in total. The highest BCUT2D eigenvalue weighted by atomic mass is 14.0. The average Bonchev–Trinajstić information content (AvgIpc) is 2.23. The topological polar surface area (TPSA) is 0 Å². The second kappa shape index (κ2) is 8.88. The van der Waals surface area contributed by atoms with Crippen molar-refractivity contribution in [2.45, 2.75) is 66.2 Å². The van der Waals surface area contributed by atoms with E-state index in [-0.39, 0.29) is 0 Å². The first-order valence-electron chi connectivity index (χ1n) is 5.99. The van der Waals surface area contributed by atoms with E-state index in [2.05, 4.69) is 39.5 Å². The van der Waals surface area contributed by atoms with Gasteiger partial charge in [0.2, 0.25) is 0 Å². The van der Waals surface area contributed by atoms with Crippen molar-refractivity contribution in [3.63, 3.8) is 0 Å². The van der Waals surface area contributed by atoms with Gasteiger partial charge in [0.25, 0.3) is 0 Å². The Hall–Kier alpha value is -0.700. The van der Waals surface area contributed by atoms with Crippen LogP contribution in [0.25, 0.3) is 0 Å². The summed E-state index contributed by atoms with van der Waals surface area (Å²) in [6.07, 6.45) is 6.94. The molecule has 80 valence electrons. The van der Waals surface area contributed by atoms with Crippen LogP contribution in [0.4, 0.5) is 0 Å². The van der Waals surface area contributed by atoms with Crippen LogP contribution in [-0.4, -0.2) is 0 Å². The van der Waals surface area contributed by atoms with Crippen molar-refractivity contribution in [3.8, 4) is 11.8 Å². The first-order chi connectivity index (χ1) is 6.79. The number of allylic oxidation sites excluding steroid dienone is 2. The van der Waals surface area contributed by atoms with Crippen LogP contribution in [0, 0.1) is 11.8 Å². The Morgan fingerprint density at radius 1 is 0.929 bits per heavy atom. The lowest BCUT2D eigenvalue weighted by Crippen LogP contribution is -1.86. The molecule has 0 aliphatic heterocycles. The van der Waals surface area contributed by atoms with Crippen molar-refractivity contribution in [2.75, 3.05) is 0 Å². The first kappa shape index (κ1) is 13.3. The van der Waals surface area contributed by atoms with Crippen LogP contribution in [0.2, 0.25) is 0 Å². The van der Waals surface area contributed by atoms with E-state index in [1.165, 1.54) is 24.0 Å². The minimum Gasteiger partial charge on any atom is -0.0982 e. The summed E-state index contributed by atoms with van der Waals surface area (Å²) >= 11 is 0. The molecule has 0 bridgehead atoms. The van der Waals surface area contributed by atoms with E-state index >= 15 is 0 Å². The van der Waals surface area contributed by atoms with Gasteiger partial charge in [0.15, 0.2) is 0 Å². The van der Waals surface area contributed by atoms with Gasteiger partial charge in [0.1, 0.15) is 0 Å². The van der Waals surface area contributed by atoms with Crippen molar-refractivity contribution in [3.05, 3.63) is 11.1 Å². The zero-order chi connectivity index (χ0) is 10.8. The average molecular weight is 192 g/mol. The third kappa shape index (κ3) is 5.12. The number of unbranched alkanes of at least 4 members (excludes halogenated alkanes) is 2. The molecule has 0 saturated heterocycles. The maximum atomic E-state index is 3.34. The summed E-state index contributed by atoms with van der Waals surface area (Å²) in [4.78, 5) is 0. The molecule has 0 fully saturated rings. The monoisotopic (exact) mass is 192 g/mol. The van der Waals surface area contributed by atoms with Crippen molar-refractivity contribution < 1.29 is 0 Å². The Balaban J connectivity index is 4.36. The predicted octanol–water partition coefficient (Wildman–Crippen LogP) is 4.71. The van der Waals surface area contributed by atoms with E-state index < -0.39 is 0 Å². The quantitative estimate of drug-likeness (QED) is 0.437. The maximum absolute atomic E-state index is 3.34. The van der Waals surface area contributed by atoms with Gasteiger partial charge in [0.05, 0.1) is 0 Å². The van der Waals surface area contributed by atoms with Gasteiger partial charge >= 0.3 is 0 Å². The van der Waals surface area contributed by atoms with Crippen LogP contribution in [0.1, 0.15) is 66.2 Å².